The number of carbonyl (C=O) groups excluding carboxylic acids is 2. The third-order valence-corrected chi connectivity index (χ3v) is 6.67. The van der Waals surface area contributed by atoms with Crippen molar-refractivity contribution >= 4 is 17.6 Å². The number of aryl methyl sites for hydroxylation is 3. The lowest BCUT2D eigenvalue weighted by Crippen LogP contribution is -2.42. The number of nitrogens with zero attached hydrogens (tertiary/aromatic N) is 5. The fourth-order valence-electron chi connectivity index (χ4n) is 4.35. The molecule has 202 valence electrons. The highest BCUT2D eigenvalue weighted by Gasteiger charge is 2.47. The molecule has 2 N–H and O–H groups in total. The monoisotopic (exact) mass is 522 g/mol. The molecule has 1 saturated heterocycles. The molecule has 9 nitrogen and oxygen atoms in total. The number of urea groups is 1. The highest BCUT2D eigenvalue weighted by Crippen LogP contribution is 2.41. The molecule has 37 heavy (non-hydrogen) atoms. The average molecular weight is 523 g/mol. The van der Waals surface area contributed by atoms with E-state index in [0.29, 0.717) is 44.5 Å². The highest BCUT2D eigenvalue weighted by atomic mass is 19.4. The number of benzene rings is 1. The Kier molecular flexibility index (Phi) is 8.62. The smallest absolute Gasteiger partial charge is 0.313 e. The Balaban J connectivity index is 1.55. The van der Waals surface area contributed by atoms with E-state index >= 15 is 0 Å². The lowest BCUT2D eigenvalue weighted by molar-refractivity contribution is -0.138. The SMILES string of the molecule is C=C1N(c2ccc(C)c(C(F)(F)F)c2)C(=O)N(CCCCc2cn(CCCCC(=O)NO)nn2)C1(C)C. The molecule has 0 bridgehead atoms. The third-order valence-electron chi connectivity index (χ3n) is 6.67. The maximum absolute atomic E-state index is 13.4. The van der Waals surface area contributed by atoms with Crippen LogP contribution in [0.5, 0.6) is 0 Å². The molecular formula is C25H33F3N6O3. The number of hydrogen-bond acceptors (Lipinski definition) is 5. The molecule has 1 aliphatic heterocycles. The number of nitrogens with one attached hydrogen (secondary N) is 1. The molecule has 0 atom stereocenters. The molecule has 1 aromatic heterocycles. The van der Waals surface area contributed by atoms with E-state index < -0.39 is 29.2 Å². The number of hydrogen-bond donors (Lipinski definition) is 2. The number of anilines is 1. The number of rotatable bonds is 11. The van der Waals surface area contributed by atoms with Crippen molar-refractivity contribution in [2.24, 2.45) is 0 Å². The summed E-state index contributed by atoms with van der Waals surface area (Å²) < 4.78 is 42.0. The maximum Gasteiger partial charge on any atom is 0.416 e. The molecule has 1 aliphatic rings. The molecule has 1 fully saturated rings. The zero-order valence-corrected chi connectivity index (χ0v) is 21.3. The van der Waals surface area contributed by atoms with E-state index in [9.17, 15) is 22.8 Å². The number of halogens is 3. The van der Waals surface area contributed by atoms with Gasteiger partial charge >= 0.3 is 12.2 Å². The summed E-state index contributed by atoms with van der Waals surface area (Å²) in [4.78, 5) is 27.2. The first-order chi connectivity index (χ1) is 17.4. The van der Waals surface area contributed by atoms with Crippen molar-refractivity contribution in [2.45, 2.75) is 77.6 Å². The fourth-order valence-corrected chi connectivity index (χ4v) is 4.35. The van der Waals surface area contributed by atoms with Gasteiger partial charge in [-0.2, -0.15) is 13.2 Å². The quantitative estimate of drug-likeness (QED) is 0.250. The van der Waals surface area contributed by atoms with E-state index in [-0.39, 0.29) is 17.7 Å². The lowest BCUT2D eigenvalue weighted by atomic mass is 10.00. The largest absolute Gasteiger partial charge is 0.416 e. The summed E-state index contributed by atoms with van der Waals surface area (Å²) in [5.74, 6) is -0.421. The van der Waals surface area contributed by atoms with Gasteiger partial charge in [0.1, 0.15) is 0 Å². The van der Waals surface area contributed by atoms with Crippen LogP contribution >= 0.6 is 0 Å². The van der Waals surface area contributed by atoms with Crippen LogP contribution in [-0.4, -0.2) is 49.1 Å². The van der Waals surface area contributed by atoms with E-state index in [1.165, 1.54) is 24.0 Å². The minimum atomic E-state index is -4.52. The van der Waals surface area contributed by atoms with Crippen molar-refractivity contribution in [3.05, 3.63) is 53.5 Å². The van der Waals surface area contributed by atoms with Crippen LogP contribution in [0.2, 0.25) is 0 Å². The standard InChI is InChI=1S/C25H33F3N6O3/c1-17-11-12-20(15-21(17)25(26,27)28)34-18(2)24(3,4)33(23(34)36)14-8-5-9-19-16-32(31-29-19)13-7-6-10-22(35)30-37/h11-12,15-16,37H,2,5-10,13-14H2,1,3-4H3,(H,30,35). The van der Waals surface area contributed by atoms with Crippen molar-refractivity contribution in [1.82, 2.24) is 25.4 Å². The van der Waals surface area contributed by atoms with Gasteiger partial charge in [-0.3, -0.25) is 19.6 Å². The minimum absolute atomic E-state index is 0.0932. The van der Waals surface area contributed by atoms with Crippen molar-refractivity contribution in [3.63, 3.8) is 0 Å². The summed E-state index contributed by atoms with van der Waals surface area (Å²) in [6.07, 6.45) is 0.963. The van der Waals surface area contributed by atoms with E-state index in [2.05, 4.69) is 16.9 Å². The Morgan fingerprint density at radius 2 is 1.86 bits per heavy atom. The second-order valence-corrected chi connectivity index (χ2v) is 9.69. The fraction of sp³-hybridized carbons (Fsp3) is 0.520. The molecule has 2 aromatic rings. The Bertz CT molecular complexity index is 1140. The summed E-state index contributed by atoms with van der Waals surface area (Å²) in [6.45, 7) is 10.1. The van der Waals surface area contributed by atoms with Crippen molar-refractivity contribution < 1.29 is 28.0 Å². The topological polar surface area (TPSA) is 104 Å². The van der Waals surface area contributed by atoms with Crippen LogP contribution in [-0.2, 0) is 23.9 Å². The first kappa shape index (κ1) is 28.2. The van der Waals surface area contributed by atoms with Crippen LogP contribution in [0.15, 0.2) is 36.7 Å². The summed E-state index contributed by atoms with van der Waals surface area (Å²) in [7, 11) is 0. The van der Waals surface area contributed by atoms with E-state index in [1.54, 1.807) is 15.1 Å². The number of hydroxylamine groups is 1. The maximum atomic E-state index is 13.4. The lowest BCUT2D eigenvalue weighted by Gasteiger charge is -2.30. The zero-order valence-electron chi connectivity index (χ0n) is 21.3. The number of amides is 3. The van der Waals surface area contributed by atoms with E-state index in [4.69, 9.17) is 5.21 Å². The van der Waals surface area contributed by atoms with Gasteiger partial charge < -0.3 is 4.90 Å². The second kappa shape index (κ2) is 11.3. The predicted octanol–water partition coefficient (Wildman–Crippen LogP) is 4.84. The van der Waals surface area contributed by atoms with Gasteiger partial charge in [-0.05, 0) is 70.6 Å². The van der Waals surface area contributed by atoms with Crippen LogP contribution in [0.1, 0.15) is 62.8 Å². The minimum Gasteiger partial charge on any atom is -0.313 e. The van der Waals surface area contributed by atoms with Crippen LogP contribution in [0.3, 0.4) is 0 Å². The second-order valence-electron chi connectivity index (χ2n) is 9.69. The van der Waals surface area contributed by atoms with Gasteiger partial charge in [0.05, 0.1) is 22.5 Å². The summed E-state index contributed by atoms with van der Waals surface area (Å²) in [5, 5.41) is 16.7. The average Bonchev–Trinajstić information content (AvgIpc) is 3.34. The van der Waals surface area contributed by atoms with Gasteiger partial charge in [-0.15, -0.1) is 5.10 Å². The highest BCUT2D eigenvalue weighted by molar-refractivity contribution is 5.99. The number of aromatic nitrogens is 3. The summed E-state index contributed by atoms with van der Waals surface area (Å²) in [6, 6.07) is 3.49. The first-order valence-electron chi connectivity index (χ1n) is 12.2. The van der Waals surface area contributed by atoms with Gasteiger partial charge in [0.2, 0.25) is 5.91 Å². The molecule has 0 saturated carbocycles. The van der Waals surface area contributed by atoms with Gasteiger partial charge in [-0.1, -0.05) is 17.9 Å². The van der Waals surface area contributed by atoms with Crippen molar-refractivity contribution in [2.75, 3.05) is 11.4 Å². The normalized spacial score (nSPS) is 15.5. The Morgan fingerprint density at radius 3 is 2.54 bits per heavy atom. The van der Waals surface area contributed by atoms with Crippen molar-refractivity contribution in [3.8, 4) is 0 Å². The van der Waals surface area contributed by atoms with Crippen LogP contribution in [0.25, 0.3) is 0 Å². The Hall–Kier alpha value is -3.41. The van der Waals surface area contributed by atoms with Crippen molar-refractivity contribution in [1.29, 1.82) is 0 Å². The van der Waals surface area contributed by atoms with Gasteiger partial charge in [0, 0.05) is 31.4 Å². The Morgan fingerprint density at radius 1 is 1.16 bits per heavy atom. The molecule has 3 amide bonds. The molecule has 0 spiro atoms. The predicted molar refractivity (Wildman–Crippen MR) is 131 cm³/mol. The van der Waals surface area contributed by atoms with E-state index in [1.807, 2.05) is 20.0 Å². The van der Waals surface area contributed by atoms with E-state index in [0.717, 1.165) is 18.2 Å². The number of carbonyl (C=O) groups is 2. The molecule has 0 unspecified atom stereocenters. The van der Waals surface area contributed by atoms with Crippen LogP contribution < -0.4 is 10.4 Å². The summed E-state index contributed by atoms with van der Waals surface area (Å²) >= 11 is 0. The van der Waals surface area contributed by atoms with Crippen LogP contribution in [0, 0.1) is 6.92 Å². The number of unbranched alkanes of at least 4 members (excludes halogenated alkanes) is 2. The van der Waals surface area contributed by atoms with Gasteiger partial charge in [-0.25, -0.2) is 10.3 Å². The molecule has 0 aliphatic carbocycles. The number of alkyl halides is 3. The first-order valence-corrected chi connectivity index (χ1v) is 12.2. The zero-order chi connectivity index (χ0) is 27.4. The van der Waals surface area contributed by atoms with Crippen LogP contribution in [0.4, 0.5) is 23.7 Å². The molecule has 3 rings (SSSR count). The van der Waals surface area contributed by atoms with Gasteiger partial charge in [0.15, 0.2) is 0 Å². The molecule has 0 radical (unpaired) electrons. The molecule has 2 heterocycles. The van der Waals surface area contributed by atoms with Gasteiger partial charge in [0.25, 0.3) is 0 Å². The molecular weight excluding hydrogens is 489 g/mol. The summed E-state index contributed by atoms with van der Waals surface area (Å²) in [5.41, 5.74) is 1.55. The molecule has 12 heteroatoms. The molecule has 1 aromatic carbocycles. The Labute approximate surface area is 213 Å². The third kappa shape index (κ3) is 6.48.